The zero-order chi connectivity index (χ0) is 17.8. The smallest absolute Gasteiger partial charge is 0.289 e. The molecule has 0 amide bonds. The van der Waals surface area contributed by atoms with E-state index in [1.807, 2.05) is 0 Å². The Morgan fingerprint density at radius 2 is 1.83 bits per heavy atom. The monoisotopic (exact) mass is 364 g/mol. The van der Waals surface area contributed by atoms with E-state index in [0.717, 1.165) is 6.07 Å². The van der Waals surface area contributed by atoms with Crippen LogP contribution < -0.4 is 9.62 Å². The number of benzene rings is 1. The molecule has 0 unspecified atom stereocenters. The molecule has 23 heavy (non-hydrogen) atoms. The van der Waals surface area contributed by atoms with Crippen molar-refractivity contribution in [1.29, 1.82) is 0 Å². The van der Waals surface area contributed by atoms with Crippen LogP contribution in [-0.2, 0) is 10.0 Å². The van der Waals surface area contributed by atoms with E-state index in [1.165, 1.54) is 17.0 Å². The van der Waals surface area contributed by atoms with Gasteiger partial charge in [0.05, 0.1) is 35.0 Å². The number of hydrogen-bond acceptors (Lipinski definition) is 4. The van der Waals surface area contributed by atoms with Gasteiger partial charge in [-0.05, 0) is 39.8 Å². The Morgan fingerprint density at radius 1 is 1.26 bits per heavy atom. The van der Waals surface area contributed by atoms with E-state index >= 15 is 0 Å². The molecule has 0 aliphatic rings. The highest BCUT2D eigenvalue weighted by molar-refractivity contribution is 7.89. The lowest BCUT2D eigenvalue weighted by Gasteiger charge is -2.27. The fourth-order valence-electron chi connectivity index (χ4n) is 2.46. The Kier molecular flexibility index (Phi) is 6.94. The normalized spacial score (nSPS) is 12.3. The second-order valence-corrected chi connectivity index (χ2v) is 8.08. The van der Waals surface area contributed by atoms with Gasteiger partial charge in [-0.3, -0.25) is 10.1 Å². The predicted octanol–water partition coefficient (Wildman–Crippen LogP) is 1.23. The molecule has 0 bridgehead atoms. The second-order valence-electron chi connectivity index (χ2n) is 5.90. The molecule has 0 saturated carbocycles. The Balaban J connectivity index is 2.84. The number of halogens is 1. The van der Waals surface area contributed by atoms with Crippen LogP contribution in [0.2, 0.25) is 5.02 Å². The highest BCUT2D eigenvalue weighted by atomic mass is 35.5. The van der Waals surface area contributed by atoms with Crippen molar-refractivity contribution in [3.05, 3.63) is 33.3 Å². The average molecular weight is 365 g/mol. The van der Waals surface area contributed by atoms with Gasteiger partial charge in [0.1, 0.15) is 5.02 Å². The third-order valence-corrected chi connectivity index (χ3v) is 5.39. The highest BCUT2D eigenvalue weighted by Gasteiger charge is 2.22. The molecule has 130 valence electrons. The maximum absolute atomic E-state index is 12.3. The number of sulfonamides is 1. The summed E-state index contributed by atoms with van der Waals surface area (Å²) in [5.74, 6) is 0. The summed E-state index contributed by atoms with van der Waals surface area (Å²) >= 11 is 5.70. The van der Waals surface area contributed by atoms with E-state index in [9.17, 15) is 18.5 Å². The minimum atomic E-state index is -3.81. The van der Waals surface area contributed by atoms with Crippen LogP contribution in [0.3, 0.4) is 0 Å². The Labute approximate surface area is 141 Å². The second kappa shape index (κ2) is 8.05. The van der Waals surface area contributed by atoms with E-state index in [4.69, 9.17) is 11.6 Å². The fraction of sp³-hybridized carbons (Fsp3) is 0.571. The lowest BCUT2D eigenvalue weighted by molar-refractivity contribution is -0.941. The van der Waals surface area contributed by atoms with Gasteiger partial charge in [0.15, 0.2) is 0 Å². The molecule has 2 N–H and O–H groups in total. The first-order valence-corrected chi connectivity index (χ1v) is 9.21. The Morgan fingerprint density at radius 3 is 2.30 bits per heavy atom. The third-order valence-electron chi connectivity index (χ3n) is 3.61. The van der Waals surface area contributed by atoms with Crippen molar-refractivity contribution >= 4 is 27.3 Å². The minimum Gasteiger partial charge on any atom is -0.330 e. The van der Waals surface area contributed by atoms with Gasteiger partial charge in [-0.1, -0.05) is 11.6 Å². The maximum atomic E-state index is 12.3. The molecule has 1 aromatic rings. The van der Waals surface area contributed by atoms with Gasteiger partial charge in [0.2, 0.25) is 10.0 Å². The third kappa shape index (κ3) is 5.42. The number of nitrogens with one attached hydrogen (secondary N) is 2. The molecule has 7 nitrogen and oxygen atoms in total. The summed E-state index contributed by atoms with van der Waals surface area (Å²) in [5, 5.41) is 10.8. The molecule has 1 aromatic carbocycles. The zero-order valence-electron chi connectivity index (χ0n) is 13.7. The predicted molar refractivity (Wildman–Crippen MR) is 89.4 cm³/mol. The van der Waals surface area contributed by atoms with Crippen molar-refractivity contribution in [3.63, 3.8) is 0 Å². The van der Waals surface area contributed by atoms with Crippen LogP contribution in [0.15, 0.2) is 23.1 Å². The van der Waals surface area contributed by atoms with Gasteiger partial charge in [-0.25, -0.2) is 13.1 Å². The summed E-state index contributed by atoms with van der Waals surface area (Å²) in [7, 11) is -3.81. The summed E-state index contributed by atoms with van der Waals surface area (Å²) in [4.78, 5) is 11.3. The van der Waals surface area contributed by atoms with Crippen LogP contribution in [0, 0.1) is 10.1 Å². The Hall–Kier alpha value is -1.22. The van der Waals surface area contributed by atoms with Crippen molar-refractivity contribution in [3.8, 4) is 0 Å². The van der Waals surface area contributed by atoms with Crippen molar-refractivity contribution < 1.29 is 18.2 Å². The Bertz CT molecular complexity index is 654. The molecule has 0 heterocycles. The number of nitro groups is 1. The molecule has 0 aliphatic carbocycles. The molecule has 0 atom stereocenters. The number of rotatable bonds is 8. The number of hydrogen-bond donors (Lipinski definition) is 2. The topological polar surface area (TPSA) is 93.8 Å². The molecular formula is C14H23ClN3O4S+. The number of nitro benzene ring substituents is 1. The standard InChI is InChI=1S/C14H22ClN3O4S/c1-10(2)17(11(3)4)8-7-16-23(21,22)12-5-6-13(15)14(9-12)18(19)20/h5-6,9-11,16H,7-8H2,1-4H3/p+1. The van der Waals surface area contributed by atoms with Gasteiger partial charge < -0.3 is 4.90 Å². The van der Waals surface area contributed by atoms with Crippen molar-refractivity contribution in [2.24, 2.45) is 0 Å². The van der Waals surface area contributed by atoms with Crippen molar-refractivity contribution in [1.82, 2.24) is 4.72 Å². The maximum Gasteiger partial charge on any atom is 0.289 e. The fourth-order valence-corrected chi connectivity index (χ4v) is 3.69. The first-order chi connectivity index (χ1) is 10.6. The van der Waals surface area contributed by atoms with Gasteiger partial charge >= 0.3 is 0 Å². The molecular weight excluding hydrogens is 342 g/mol. The molecule has 0 spiro atoms. The van der Waals surface area contributed by atoms with Crippen molar-refractivity contribution in [2.75, 3.05) is 13.1 Å². The molecule has 0 aromatic heterocycles. The lowest BCUT2D eigenvalue weighted by atomic mass is 10.2. The van der Waals surface area contributed by atoms with E-state index in [0.29, 0.717) is 18.6 Å². The molecule has 0 radical (unpaired) electrons. The van der Waals surface area contributed by atoms with Gasteiger partial charge in [0, 0.05) is 6.07 Å². The van der Waals surface area contributed by atoms with Crippen LogP contribution >= 0.6 is 11.6 Å². The van der Waals surface area contributed by atoms with Crippen LogP contribution in [0.4, 0.5) is 5.69 Å². The first-order valence-electron chi connectivity index (χ1n) is 7.35. The summed E-state index contributed by atoms with van der Waals surface area (Å²) < 4.78 is 27.0. The van der Waals surface area contributed by atoms with E-state index in [1.54, 1.807) is 0 Å². The molecule has 9 heteroatoms. The molecule has 1 rings (SSSR count). The quantitative estimate of drug-likeness (QED) is 0.536. The molecule has 0 fully saturated rings. The van der Waals surface area contributed by atoms with E-state index in [-0.39, 0.29) is 16.5 Å². The highest BCUT2D eigenvalue weighted by Crippen LogP contribution is 2.26. The van der Waals surface area contributed by atoms with Gasteiger partial charge in [-0.2, -0.15) is 0 Å². The SMILES string of the molecule is CC(C)[NH+](CCNS(=O)(=O)c1ccc(Cl)c([N+](=O)[O-])c1)C(C)C. The largest absolute Gasteiger partial charge is 0.330 e. The lowest BCUT2D eigenvalue weighted by Crippen LogP contribution is -3.18. The van der Waals surface area contributed by atoms with Crippen molar-refractivity contribution in [2.45, 2.75) is 44.7 Å². The number of nitrogens with zero attached hydrogens (tertiary/aromatic N) is 1. The van der Waals surface area contributed by atoms with E-state index < -0.39 is 20.6 Å². The summed E-state index contributed by atoms with van der Waals surface area (Å²) in [6.07, 6.45) is 0. The summed E-state index contributed by atoms with van der Waals surface area (Å²) in [6, 6.07) is 4.19. The van der Waals surface area contributed by atoms with Gasteiger partial charge in [-0.15, -0.1) is 0 Å². The van der Waals surface area contributed by atoms with Crippen LogP contribution in [-0.4, -0.2) is 38.5 Å². The van der Waals surface area contributed by atoms with Gasteiger partial charge in [0.25, 0.3) is 5.69 Å². The minimum absolute atomic E-state index is 0.0933. The number of quaternary nitrogens is 1. The molecule has 0 aliphatic heterocycles. The van der Waals surface area contributed by atoms with Crippen LogP contribution in [0.5, 0.6) is 0 Å². The van der Waals surface area contributed by atoms with Crippen LogP contribution in [0.1, 0.15) is 27.7 Å². The average Bonchev–Trinajstić information content (AvgIpc) is 2.42. The first kappa shape index (κ1) is 19.8. The summed E-state index contributed by atoms with van der Waals surface area (Å²) in [6.45, 7) is 9.19. The zero-order valence-corrected chi connectivity index (χ0v) is 15.2. The summed E-state index contributed by atoms with van der Waals surface area (Å²) in [5.41, 5.74) is -0.425. The van der Waals surface area contributed by atoms with Crippen LogP contribution in [0.25, 0.3) is 0 Å². The molecule has 0 saturated heterocycles. The van der Waals surface area contributed by atoms with E-state index in [2.05, 4.69) is 32.4 Å².